The van der Waals surface area contributed by atoms with Gasteiger partial charge in [0.2, 0.25) is 0 Å². The maximum atomic E-state index is 6.19. The largest absolute Gasteiger partial charge is 0.383 e. The van der Waals surface area contributed by atoms with Gasteiger partial charge in [-0.25, -0.2) is 4.98 Å². The van der Waals surface area contributed by atoms with Gasteiger partial charge in [0.15, 0.2) is 0 Å². The van der Waals surface area contributed by atoms with Crippen LogP contribution in [0.4, 0.5) is 5.82 Å². The van der Waals surface area contributed by atoms with Gasteiger partial charge in [-0.3, -0.25) is 0 Å². The van der Waals surface area contributed by atoms with Crippen molar-refractivity contribution in [1.29, 1.82) is 0 Å². The molecule has 1 aliphatic carbocycles. The molecule has 0 radical (unpaired) electrons. The Bertz CT molecular complexity index is 437. The number of pyridine rings is 1. The fourth-order valence-corrected chi connectivity index (χ4v) is 2.67. The summed E-state index contributed by atoms with van der Waals surface area (Å²) in [5.41, 5.74) is 1.09. The molecule has 5 heteroatoms. The normalized spacial score (nSPS) is 16.2. The van der Waals surface area contributed by atoms with Crippen molar-refractivity contribution >= 4 is 17.4 Å². The number of ether oxygens (including phenoxy) is 1. The molecule has 1 saturated carbocycles. The number of nitrogens with one attached hydrogen (secondary N) is 1. The molecule has 1 unspecified atom stereocenters. The summed E-state index contributed by atoms with van der Waals surface area (Å²) in [7, 11) is 3.66. The summed E-state index contributed by atoms with van der Waals surface area (Å²) in [6.07, 6.45) is 4.40. The van der Waals surface area contributed by atoms with Gasteiger partial charge in [-0.15, -0.1) is 0 Å². The molecule has 4 nitrogen and oxygen atoms in total. The van der Waals surface area contributed by atoms with E-state index in [0.29, 0.717) is 17.7 Å². The zero-order valence-electron chi connectivity index (χ0n) is 12.5. The van der Waals surface area contributed by atoms with Gasteiger partial charge >= 0.3 is 0 Å². The van der Waals surface area contributed by atoms with Crippen LogP contribution in [0.3, 0.4) is 0 Å². The standard InChI is InChI=1S/C15H24ClN3O/c1-11(12-4-5-12)19(6-7-20-3)15-8-13(9-17-2)14(16)10-18-15/h8,10-12,17H,4-7,9H2,1-3H3. The predicted molar refractivity (Wildman–Crippen MR) is 83.4 cm³/mol. The number of hydrogen-bond donors (Lipinski definition) is 1. The van der Waals surface area contributed by atoms with E-state index in [2.05, 4.69) is 28.2 Å². The van der Waals surface area contributed by atoms with Gasteiger partial charge in [0.25, 0.3) is 0 Å². The summed E-state index contributed by atoms with van der Waals surface area (Å²) in [6, 6.07) is 2.59. The number of halogens is 1. The average Bonchev–Trinajstić information content (AvgIpc) is 3.27. The van der Waals surface area contributed by atoms with Crippen LogP contribution >= 0.6 is 11.6 Å². The van der Waals surface area contributed by atoms with Crippen molar-refractivity contribution in [1.82, 2.24) is 10.3 Å². The molecular formula is C15H24ClN3O. The lowest BCUT2D eigenvalue weighted by Gasteiger charge is -2.30. The Morgan fingerprint density at radius 3 is 2.90 bits per heavy atom. The molecule has 2 rings (SSSR count). The van der Waals surface area contributed by atoms with E-state index in [1.807, 2.05) is 7.05 Å². The van der Waals surface area contributed by atoms with E-state index < -0.39 is 0 Å². The predicted octanol–water partition coefficient (Wildman–Crippen LogP) is 2.71. The van der Waals surface area contributed by atoms with E-state index in [4.69, 9.17) is 16.3 Å². The third-order valence-electron chi connectivity index (χ3n) is 3.91. The molecule has 1 aliphatic rings. The topological polar surface area (TPSA) is 37.4 Å². The number of aromatic nitrogens is 1. The average molecular weight is 298 g/mol. The van der Waals surface area contributed by atoms with Crippen molar-refractivity contribution in [3.63, 3.8) is 0 Å². The number of methoxy groups -OCH3 is 1. The molecule has 1 aromatic rings. The van der Waals surface area contributed by atoms with Gasteiger partial charge in [-0.05, 0) is 44.4 Å². The van der Waals surface area contributed by atoms with E-state index >= 15 is 0 Å². The number of hydrogen-bond acceptors (Lipinski definition) is 4. The Kier molecular flexibility index (Phi) is 5.64. The summed E-state index contributed by atoms with van der Waals surface area (Å²) in [4.78, 5) is 6.86. The minimum absolute atomic E-state index is 0.501. The second-order valence-electron chi connectivity index (χ2n) is 5.43. The lowest BCUT2D eigenvalue weighted by Crippen LogP contribution is -2.38. The first-order valence-electron chi connectivity index (χ1n) is 7.22. The highest BCUT2D eigenvalue weighted by atomic mass is 35.5. The third kappa shape index (κ3) is 3.84. The number of nitrogens with zero attached hydrogens (tertiary/aromatic N) is 2. The van der Waals surface area contributed by atoms with Crippen molar-refractivity contribution in [3.8, 4) is 0 Å². The Balaban J connectivity index is 2.20. The lowest BCUT2D eigenvalue weighted by atomic mass is 10.1. The minimum atomic E-state index is 0.501. The molecule has 0 saturated heterocycles. The minimum Gasteiger partial charge on any atom is -0.383 e. The van der Waals surface area contributed by atoms with Gasteiger partial charge in [0.1, 0.15) is 5.82 Å². The van der Waals surface area contributed by atoms with Crippen LogP contribution in [-0.4, -0.2) is 38.3 Å². The number of rotatable bonds is 8. The van der Waals surface area contributed by atoms with E-state index in [9.17, 15) is 0 Å². The summed E-state index contributed by atoms with van der Waals surface area (Å²) in [5, 5.41) is 3.86. The van der Waals surface area contributed by atoms with Gasteiger partial charge in [0, 0.05) is 32.4 Å². The van der Waals surface area contributed by atoms with Gasteiger partial charge in [0.05, 0.1) is 11.6 Å². The molecule has 0 bridgehead atoms. The van der Waals surface area contributed by atoms with E-state index in [-0.39, 0.29) is 0 Å². The van der Waals surface area contributed by atoms with Crippen LogP contribution in [0.5, 0.6) is 0 Å². The Labute approximate surface area is 126 Å². The molecule has 20 heavy (non-hydrogen) atoms. The van der Waals surface area contributed by atoms with Crippen molar-refractivity contribution in [2.24, 2.45) is 5.92 Å². The summed E-state index contributed by atoms with van der Waals surface area (Å²) >= 11 is 6.19. The second-order valence-corrected chi connectivity index (χ2v) is 5.84. The zero-order chi connectivity index (χ0) is 14.5. The van der Waals surface area contributed by atoms with Crippen molar-refractivity contribution < 1.29 is 4.74 Å². The molecule has 1 atom stereocenters. The smallest absolute Gasteiger partial charge is 0.129 e. The summed E-state index contributed by atoms with van der Waals surface area (Å²) < 4.78 is 5.24. The highest BCUT2D eigenvalue weighted by molar-refractivity contribution is 6.31. The van der Waals surface area contributed by atoms with Gasteiger partial charge < -0.3 is 15.0 Å². The molecule has 0 spiro atoms. The van der Waals surface area contributed by atoms with Crippen molar-refractivity contribution in [3.05, 3.63) is 22.8 Å². The summed E-state index contributed by atoms with van der Waals surface area (Å²) in [6.45, 7) is 4.61. The Morgan fingerprint density at radius 2 is 2.30 bits per heavy atom. The van der Waals surface area contributed by atoms with Gasteiger partial charge in [-0.2, -0.15) is 0 Å². The van der Waals surface area contributed by atoms with Crippen LogP contribution < -0.4 is 10.2 Å². The zero-order valence-corrected chi connectivity index (χ0v) is 13.3. The molecule has 0 aliphatic heterocycles. The first kappa shape index (κ1) is 15.5. The third-order valence-corrected chi connectivity index (χ3v) is 4.25. The van der Waals surface area contributed by atoms with Crippen molar-refractivity contribution in [2.45, 2.75) is 32.4 Å². The van der Waals surface area contributed by atoms with Crippen LogP contribution in [0.1, 0.15) is 25.3 Å². The Morgan fingerprint density at radius 1 is 1.55 bits per heavy atom. The molecule has 1 aromatic heterocycles. The molecule has 1 N–H and O–H groups in total. The van der Waals surface area contributed by atoms with E-state index in [0.717, 1.165) is 30.4 Å². The Hall–Kier alpha value is -0.840. The first-order chi connectivity index (χ1) is 9.67. The molecule has 1 heterocycles. The molecule has 0 amide bonds. The van der Waals surface area contributed by atoms with Crippen LogP contribution in [-0.2, 0) is 11.3 Å². The van der Waals surface area contributed by atoms with Crippen LogP contribution in [0.2, 0.25) is 5.02 Å². The van der Waals surface area contributed by atoms with E-state index in [1.54, 1.807) is 13.3 Å². The fourth-order valence-electron chi connectivity index (χ4n) is 2.50. The monoisotopic (exact) mass is 297 g/mol. The van der Waals surface area contributed by atoms with Crippen LogP contribution in [0.15, 0.2) is 12.3 Å². The molecular weight excluding hydrogens is 274 g/mol. The second kappa shape index (κ2) is 7.25. The first-order valence-corrected chi connectivity index (χ1v) is 7.59. The maximum absolute atomic E-state index is 6.19. The van der Waals surface area contributed by atoms with Crippen molar-refractivity contribution in [2.75, 3.05) is 32.2 Å². The highest BCUT2D eigenvalue weighted by Crippen LogP contribution is 2.36. The van der Waals surface area contributed by atoms with Crippen LogP contribution in [0, 0.1) is 5.92 Å². The highest BCUT2D eigenvalue weighted by Gasteiger charge is 2.32. The molecule has 0 aromatic carbocycles. The molecule has 1 fully saturated rings. The number of anilines is 1. The fraction of sp³-hybridized carbons (Fsp3) is 0.667. The van der Waals surface area contributed by atoms with E-state index in [1.165, 1.54) is 12.8 Å². The summed E-state index contributed by atoms with van der Waals surface area (Å²) in [5.74, 6) is 1.79. The van der Waals surface area contributed by atoms with Gasteiger partial charge in [-0.1, -0.05) is 11.6 Å². The lowest BCUT2D eigenvalue weighted by molar-refractivity contribution is 0.202. The quantitative estimate of drug-likeness (QED) is 0.800. The maximum Gasteiger partial charge on any atom is 0.129 e. The SMILES string of the molecule is CNCc1cc(N(CCOC)C(C)C2CC2)ncc1Cl. The molecule has 112 valence electrons. The van der Waals surface area contributed by atoms with Crippen LogP contribution in [0.25, 0.3) is 0 Å².